The first-order chi connectivity index (χ1) is 13.7. The quantitative estimate of drug-likeness (QED) is 0.730. The largest absolute Gasteiger partial charge is 0.454 e. The molecule has 0 fully saturated rings. The highest BCUT2D eigenvalue weighted by atomic mass is 32.1. The third kappa shape index (κ3) is 3.11. The van der Waals surface area contributed by atoms with Crippen LogP contribution in [0, 0.1) is 6.92 Å². The molecule has 1 atom stereocenters. The number of rotatable bonds is 3. The molecule has 1 N–H and O–H groups in total. The highest BCUT2D eigenvalue weighted by Crippen LogP contribution is 2.32. The van der Waals surface area contributed by atoms with Crippen molar-refractivity contribution in [2.75, 3.05) is 6.79 Å². The smallest absolute Gasteiger partial charge is 0.251 e. The molecule has 0 aliphatic carbocycles. The van der Waals surface area contributed by atoms with Crippen LogP contribution in [0.25, 0.3) is 11.5 Å². The normalized spacial score (nSPS) is 17.8. The van der Waals surface area contributed by atoms with Gasteiger partial charge in [-0.1, -0.05) is 0 Å². The van der Waals surface area contributed by atoms with Gasteiger partial charge >= 0.3 is 0 Å². The fourth-order valence-corrected chi connectivity index (χ4v) is 4.19. The number of carbonyl (C=O) groups excluding carboxylic acids is 1. The van der Waals surface area contributed by atoms with E-state index in [1.807, 2.05) is 12.3 Å². The van der Waals surface area contributed by atoms with E-state index in [-0.39, 0.29) is 18.7 Å². The molecule has 0 bridgehead atoms. The van der Waals surface area contributed by atoms with Gasteiger partial charge in [0.2, 0.25) is 6.79 Å². The van der Waals surface area contributed by atoms with Crippen molar-refractivity contribution in [3.63, 3.8) is 0 Å². The number of amides is 1. The summed E-state index contributed by atoms with van der Waals surface area (Å²) < 4.78 is 12.8. The zero-order valence-electron chi connectivity index (χ0n) is 15.3. The Morgan fingerprint density at radius 3 is 3.00 bits per heavy atom. The fraction of sp³-hybridized carbons (Fsp3) is 0.368. The van der Waals surface area contributed by atoms with Gasteiger partial charge in [-0.2, -0.15) is 0 Å². The summed E-state index contributed by atoms with van der Waals surface area (Å²) >= 11 is 1.61. The lowest BCUT2D eigenvalue weighted by Gasteiger charge is -2.16. The SMILES string of the molecule is Cc1nc(-c2nnc3n2CCC(NC(=O)c2ccc4c(c2)OCO4)CC3)cs1. The zero-order valence-corrected chi connectivity index (χ0v) is 16.2. The molecule has 3 aromatic rings. The summed E-state index contributed by atoms with van der Waals surface area (Å²) in [6, 6.07) is 5.33. The molecule has 5 rings (SSSR count). The van der Waals surface area contributed by atoms with Gasteiger partial charge in [-0.15, -0.1) is 21.5 Å². The number of nitrogens with one attached hydrogen (secondary N) is 1. The summed E-state index contributed by atoms with van der Waals surface area (Å²) in [4.78, 5) is 17.2. The van der Waals surface area contributed by atoms with E-state index in [2.05, 4.69) is 25.1 Å². The van der Waals surface area contributed by atoms with Crippen LogP contribution in [0.4, 0.5) is 0 Å². The van der Waals surface area contributed by atoms with Crippen LogP contribution >= 0.6 is 11.3 Å². The van der Waals surface area contributed by atoms with Crippen molar-refractivity contribution < 1.29 is 14.3 Å². The number of aromatic nitrogens is 4. The van der Waals surface area contributed by atoms with Crippen molar-refractivity contribution in [2.45, 2.75) is 38.8 Å². The molecule has 4 heterocycles. The van der Waals surface area contributed by atoms with Crippen LogP contribution in [-0.4, -0.2) is 38.5 Å². The number of aryl methyl sites for hydroxylation is 2. The highest BCUT2D eigenvalue weighted by molar-refractivity contribution is 7.09. The second kappa shape index (κ2) is 6.90. The van der Waals surface area contributed by atoms with Crippen LogP contribution < -0.4 is 14.8 Å². The summed E-state index contributed by atoms with van der Waals surface area (Å²) in [6.07, 6.45) is 2.41. The molecule has 1 aromatic carbocycles. The maximum Gasteiger partial charge on any atom is 0.251 e. The number of hydrogen-bond acceptors (Lipinski definition) is 7. The molecule has 0 saturated carbocycles. The minimum Gasteiger partial charge on any atom is -0.454 e. The maximum atomic E-state index is 12.7. The number of nitrogens with zero attached hydrogens (tertiary/aromatic N) is 4. The molecule has 0 saturated heterocycles. The van der Waals surface area contributed by atoms with Crippen molar-refractivity contribution in [3.8, 4) is 23.0 Å². The van der Waals surface area contributed by atoms with Crippen molar-refractivity contribution in [3.05, 3.63) is 40.0 Å². The van der Waals surface area contributed by atoms with Crippen LogP contribution in [0.15, 0.2) is 23.6 Å². The fourth-order valence-electron chi connectivity index (χ4n) is 3.59. The number of carbonyl (C=O) groups is 1. The van der Waals surface area contributed by atoms with E-state index in [4.69, 9.17) is 9.47 Å². The van der Waals surface area contributed by atoms with Crippen molar-refractivity contribution in [1.82, 2.24) is 25.1 Å². The number of fused-ring (bicyclic) bond motifs is 2. The van der Waals surface area contributed by atoms with E-state index < -0.39 is 0 Å². The molecule has 0 radical (unpaired) electrons. The van der Waals surface area contributed by atoms with Gasteiger partial charge in [0.05, 0.1) is 5.01 Å². The molecule has 2 aromatic heterocycles. The summed E-state index contributed by atoms with van der Waals surface area (Å²) in [5.74, 6) is 2.94. The van der Waals surface area contributed by atoms with Crippen molar-refractivity contribution in [1.29, 1.82) is 0 Å². The molecule has 1 unspecified atom stereocenters. The van der Waals surface area contributed by atoms with Gasteiger partial charge in [-0.05, 0) is 38.0 Å². The first-order valence-corrected chi connectivity index (χ1v) is 10.1. The van der Waals surface area contributed by atoms with Gasteiger partial charge in [0.15, 0.2) is 17.3 Å². The monoisotopic (exact) mass is 397 g/mol. The molecule has 8 nitrogen and oxygen atoms in total. The van der Waals surface area contributed by atoms with Crippen molar-refractivity contribution in [2.24, 2.45) is 0 Å². The first-order valence-electron chi connectivity index (χ1n) is 9.22. The molecule has 2 aliphatic rings. The molecule has 28 heavy (non-hydrogen) atoms. The Bertz CT molecular complexity index is 1040. The summed E-state index contributed by atoms with van der Waals surface area (Å²) in [7, 11) is 0. The first kappa shape index (κ1) is 17.2. The molecule has 144 valence electrons. The van der Waals surface area contributed by atoms with Crippen LogP contribution in [0.2, 0.25) is 0 Å². The van der Waals surface area contributed by atoms with Crippen LogP contribution in [0.3, 0.4) is 0 Å². The van der Waals surface area contributed by atoms with Crippen LogP contribution in [-0.2, 0) is 13.0 Å². The van der Waals surface area contributed by atoms with E-state index >= 15 is 0 Å². The molecule has 9 heteroatoms. The van der Waals surface area contributed by atoms with Gasteiger partial charge in [0.1, 0.15) is 11.5 Å². The van der Waals surface area contributed by atoms with Gasteiger partial charge in [0.25, 0.3) is 5.91 Å². The Labute approximate surface area is 165 Å². The summed E-state index contributed by atoms with van der Waals surface area (Å²) in [6.45, 7) is 2.93. The second-order valence-corrected chi connectivity index (χ2v) is 7.97. The minimum absolute atomic E-state index is 0.0737. The Balaban J connectivity index is 1.28. The average Bonchev–Trinajstić information content (AvgIpc) is 3.40. The maximum absolute atomic E-state index is 12.7. The number of thiazole rings is 1. The Morgan fingerprint density at radius 2 is 2.14 bits per heavy atom. The summed E-state index contributed by atoms with van der Waals surface area (Å²) in [5.41, 5.74) is 1.44. The predicted octanol–water partition coefficient (Wildman–Crippen LogP) is 2.57. The highest BCUT2D eigenvalue weighted by Gasteiger charge is 2.24. The van der Waals surface area contributed by atoms with E-state index in [0.717, 1.165) is 48.2 Å². The molecule has 0 spiro atoms. The molecular weight excluding hydrogens is 378 g/mol. The average molecular weight is 397 g/mol. The van der Waals surface area contributed by atoms with E-state index in [0.29, 0.717) is 17.1 Å². The lowest BCUT2D eigenvalue weighted by molar-refractivity contribution is 0.0932. The van der Waals surface area contributed by atoms with Crippen LogP contribution in [0.1, 0.15) is 34.0 Å². The summed E-state index contributed by atoms with van der Waals surface area (Å²) in [5, 5.41) is 14.8. The lowest BCUT2D eigenvalue weighted by atomic mass is 10.1. The Morgan fingerprint density at radius 1 is 1.25 bits per heavy atom. The zero-order chi connectivity index (χ0) is 19.1. The minimum atomic E-state index is -0.101. The van der Waals surface area contributed by atoms with Gasteiger partial charge in [-0.25, -0.2) is 4.98 Å². The number of hydrogen-bond donors (Lipinski definition) is 1. The predicted molar refractivity (Wildman–Crippen MR) is 103 cm³/mol. The third-order valence-corrected chi connectivity index (χ3v) is 5.84. The number of ether oxygens (including phenoxy) is 2. The topological polar surface area (TPSA) is 91.2 Å². The van der Waals surface area contributed by atoms with E-state index in [1.54, 1.807) is 29.5 Å². The molecule has 1 amide bonds. The van der Waals surface area contributed by atoms with E-state index in [9.17, 15) is 4.79 Å². The Kier molecular flexibility index (Phi) is 4.23. The standard InChI is InChI=1S/C19H19N5O3S/c1-11-20-14(9-28-11)18-23-22-17-5-3-13(6-7-24(17)18)21-19(25)12-2-4-15-16(8-12)27-10-26-15/h2,4,8-9,13H,3,5-7,10H2,1H3,(H,21,25). The number of benzene rings is 1. The lowest BCUT2D eigenvalue weighted by Crippen LogP contribution is -2.35. The van der Waals surface area contributed by atoms with Gasteiger partial charge in [-0.3, -0.25) is 4.79 Å². The Hall–Kier alpha value is -2.94. The van der Waals surface area contributed by atoms with Crippen molar-refractivity contribution >= 4 is 17.2 Å². The third-order valence-electron chi connectivity index (χ3n) is 5.06. The van der Waals surface area contributed by atoms with E-state index in [1.165, 1.54) is 0 Å². The molecular formula is C19H19N5O3S. The second-order valence-electron chi connectivity index (χ2n) is 6.91. The molecule has 2 aliphatic heterocycles. The van der Waals surface area contributed by atoms with Crippen LogP contribution in [0.5, 0.6) is 11.5 Å². The van der Waals surface area contributed by atoms with Gasteiger partial charge < -0.3 is 19.4 Å². The van der Waals surface area contributed by atoms with Gasteiger partial charge in [0, 0.05) is 30.0 Å².